The van der Waals surface area contributed by atoms with Crippen molar-refractivity contribution in [1.29, 1.82) is 0 Å². The minimum absolute atomic E-state index is 0.500. The Kier molecular flexibility index (Phi) is 8.22. The molecular weight excluding hydrogens is 258 g/mol. The van der Waals surface area contributed by atoms with Gasteiger partial charge in [-0.1, -0.05) is 51.4 Å². The average Bonchev–Trinajstić information content (AvgIpc) is 2.56. The summed E-state index contributed by atoms with van der Waals surface area (Å²) in [5.41, 5.74) is 0. The molecule has 2 fully saturated rings. The van der Waals surface area contributed by atoms with Crippen LogP contribution in [0.3, 0.4) is 0 Å². The van der Waals surface area contributed by atoms with E-state index in [1.165, 1.54) is 57.8 Å². The molecule has 2 heteroatoms. The van der Waals surface area contributed by atoms with E-state index in [4.69, 9.17) is 4.74 Å². The van der Waals surface area contributed by atoms with Crippen LogP contribution in [-0.2, 0) is 4.74 Å². The zero-order chi connectivity index (χ0) is 14.8. The highest BCUT2D eigenvalue weighted by molar-refractivity contribution is 5.11. The predicted octanol–water partition coefficient (Wildman–Crippen LogP) is 4.24. The highest BCUT2D eigenvalue weighted by atomic mass is 16.5. The molecule has 0 aromatic rings. The zero-order valence-corrected chi connectivity index (χ0v) is 13.9. The van der Waals surface area contributed by atoms with Gasteiger partial charge in [0.25, 0.3) is 0 Å². The molecule has 0 N–H and O–H groups in total. The normalized spacial score (nSPS) is 22.5. The Morgan fingerprint density at radius 2 is 1.81 bits per heavy atom. The monoisotopic (exact) mass is 291 g/mol. The predicted molar refractivity (Wildman–Crippen MR) is 89.3 cm³/mol. The van der Waals surface area contributed by atoms with Gasteiger partial charge in [0.15, 0.2) is 0 Å². The standard InChI is InChI=1S/C19H33NO/c1-2-3-4-5-6-10-13-19(18-11-8-7-9-12-18)20-14-16-21-17-15-20/h18-19H,2-9,11-12,14-17H2,1H3. The van der Waals surface area contributed by atoms with Gasteiger partial charge < -0.3 is 4.74 Å². The second kappa shape index (κ2) is 10.2. The van der Waals surface area contributed by atoms with Gasteiger partial charge in [-0.25, -0.2) is 0 Å². The van der Waals surface area contributed by atoms with Crippen LogP contribution in [0.4, 0.5) is 0 Å². The van der Waals surface area contributed by atoms with Crippen LogP contribution >= 0.6 is 0 Å². The van der Waals surface area contributed by atoms with E-state index >= 15 is 0 Å². The van der Waals surface area contributed by atoms with Gasteiger partial charge in [-0.05, 0) is 25.2 Å². The number of ether oxygens (including phenoxy) is 1. The smallest absolute Gasteiger partial charge is 0.0744 e. The van der Waals surface area contributed by atoms with Crippen molar-refractivity contribution < 1.29 is 4.74 Å². The minimum atomic E-state index is 0.500. The fourth-order valence-electron chi connectivity index (χ4n) is 3.63. The van der Waals surface area contributed by atoms with Gasteiger partial charge in [0.1, 0.15) is 0 Å². The van der Waals surface area contributed by atoms with E-state index in [0.717, 1.165) is 38.6 Å². The molecule has 0 spiro atoms. The summed E-state index contributed by atoms with van der Waals surface area (Å²) in [4.78, 5) is 2.60. The lowest BCUT2D eigenvalue weighted by atomic mass is 9.83. The topological polar surface area (TPSA) is 12.5 Å². The van der Waals surface area contributed by atoms with Crippen molar-refractivity contribution in [2.24, 2.45) is 5.92 Å². The second-order valence-electron chi connectivity index (χ2n) is 6.62. The number of morpholine rings is 1. The molecule has 2 nitrogen and oxygen atoms in total. The summed E-state index contributed by atoms with van der Waals surface area (Å²) in [5.74, 6) is 7.97. The molecule has 1 saturated carbocycles. The summed E-state index contributed by atoms with van der Waals surface area (Å²) in [6.07, 6.45) is 13.4. The Morgan fingerprint density at radius 3 is 2.52 bits per heavy atom. The lowest BCUT2D eigenvalue weighted by Gasteiger charge is -2.37. The van der Waals surface area contributed by atoms with Gasteiger partial charge in [0.2, 0.25) is 0 Å². The first-order chi connectivity index (χ1) is 10.4. The molecule has 0 bridgehead atoms. The van der Waals surface area contributed by atoms with Crippen LogP contribution in [-0.4, -0.2) is 37.2 Å². The largest absolute Gasteiger partial charge is 0.379 e. The van der Waals surface area contributed by atoms with Crippen LogP contribution in [0.25, 0.3) is 0 Å². The minimum Gasteiger partial charge on any atom is -0.379 e. The molecule has 0 aromatic heterocycles. The number of unbranched alkanes of at least 4 members (excludes halogenated alkanes) is 4. The van der Waals surface area contributed by atoms with Crippen LogP contribution in [0.5, 0.6) is 0 Å². The third-order valence-electron chi connectivity index (χ3n) is 4.94. The maximum atomic E-state index is 5.52. The zero-order valence-electron chi connectivity index (χ0n) is 13.9. The van der Waals surface area contributed by atoms with E-state index in [0.29, 0.717) is 6.04 Å². The average molecular weight is 291 g/mol. The van der Waals surface area contributed by atoms with Crippen LogP contribution in [0.2, 0.25) is 0 Å². The van der Waals surface area contributed by atoms with Crippen molar-refractivity contribution in [3.05, 3.63) is 0 Å². The quantitative estimate of drug-likeness (QED) is 0.536. The Balaban J connectivity index is 1.86. The summed E-state index contributed by atoms with van der Waals surface area (Å²) >= 11 is 0. The molecule has 0 radical (unpaired) electrons. The van der Waals surface area contributed by atoms with Crippen molar-refractivity contribution in [3.8, 4) is 11.8 Å². The molecule has 21 heavy (non-hydrogen) atoms. The molecule has 1 aliphatic carbocycles. The third kappa shape index (κ3) is 6.01. The van der Waals surface area contributed by atoms with E-state index < -0.39 is 0 Å². The summed E-state index contributed by atoms with van der Waals surface area (Å²) in [7, 11) is 0. The maximum absolute atomic E-state index is 5.52. The summed E-state index contributed by atoms with van der Waals surface area (Å²) in [6, 6.07) is 0.500. The van der Waals surface area contributed by atoms with Crippen LogP contribution < -0.4 is 0 Å². The van der Waals surface area contributed by atoms with E-state index in [9.17, 15) is 0 Å². The molecule has 1 unspecified atom stereocenters. The van der Waals surface area contributed by atoms with Crippen molar-refractivity contribution in [2.75, 3.05) is 26.3 Å². The van der Waals surface area contributed by atoms with E-state index in [1.807, 2.05) is 0 Å². The SMILES string of the molecule is CCCCCCC#CC(C1CCCCC1)N1CCOCC1. The van der Waals surface area contributed by atoms with Crippen LogP contribution in [0.1, 0.15) is 71.1 Å². The van der Waals surface area contributed by atoms with Crippen molar-refractivity contribution >= 4 is 0 Å². The van der Waals surface area contributed by atoms with Crippen molar-refractivity contribution in [3.63, 3.8) is 0 Å². The molecule has 2 rings (SSSR count). The molecule has 0 amide bonds. The number of nitrogens with zero attached hydrogens (tertiary/aromatic N) is 1. The molecule has 1 atom stereocenters. The Hall–Kier alpha value is -0.520. The summed E-state index contributed by atoms with van der Waals surface area (Å²) in [5, 5.41) is 0. The molecule has 120 valence electrons. The lowest BCUT2D eigenvalue weighted by Crippen LogP contribution is -2.46. The molecule has 0 aromatic carbocycles. The van der Waals surface area contributed by atoms with E-state index in [-0.39, 0.29) is 0 Å². The first kappa shape index (κ1) is 16.8. The maximum Gasteiger partial charge on any atom is 0.0744 e. The molecular formula is C19H33NO. The lowest BCUT2D eigenvalue weighted by molar-refractivity contribution is 0.0125. The Morgan fingerprint density at radius 1 is 1.05 bits per heavy atom. The highest BCUT2D eigenvalue weighted by Crippen LogP contribution is 2.29. The van der Waals surface area contributed by atoms with Crippen molar-refractivity contribution in [1.82, 2.24) is 4.90 Å². The van der Waals surface area contributed by atoms with Gasteiger partial charge >= 0.3 is 0 Å². The van der Waals surface area contributed by atoms with Crippen LogP contribution in [0, 0.1) is 17.8 Å². The van der Waals surface area contributed by atoms with E-state index in [2.05, 4.69) is 23.7 Å². The van der Waals surface area contributed by atoms with Gasteiger partial charge in [0, 0.05) is 19.5 Å². The fourth-order valence-corrected chi connectivity index (χ4v) is 3.63. The van der Waals surface area contributed by atoms with Crippen molar-refractivity contribution in [2.45, 2.75) is 77.2 Å². The van der Waals surface area contributed by atoms with Gasteiger partial charge in [-0.2, -0.15) is 0 Å². The Labute approximate surface area is 131 Å². The second-order valence-corrected chi connectivity index (χ2v) is 6.62. The number of hydrogen-bond acceptors (Lipinski definition) is 2. The third-order valence-corrected chi connectivity index (χ3v) is 4.94. The number of rotatable bonds is 6. The van der Waals surface area contributed by atoms with Gasteiger partial charge in [0.05, 0.1) is 19.3 Å². The Bertz CT molecular complexity index is 300. The van der Waals surface area contributed by atoms with Gasteiger partial charge in [-0.15, -0.1) is 5.92 Å². The fraction of sp³-hybridized carbons (Fsp3) is 0.895. The molecule has 2 aliphatic rings. The highest BCUT2D eigenvalue weighted by Gasteiger charge is 2.28. The summed E-state index contributed by atoms with van der Waals surface area (Å²) < 4.78 is 5.52. The molecule has 1 saturated heterocycles. The first-order valence-electron chi connectivity index (χ1n) is 9.22. The summed E-state index contributed by atoms with van der Waals surface area (Å²) in [6.45, 7) is 6.20. The van der Waals surface area contributed by atoms with Crippen LogP contribution in [0.15, 0.2) is 0 Å². The van der Waals surface area contributed by atoms with E-state index in [1.54, 1.807) is 0 Å². The first-order valence-corrected chi connectivity index (χ1v) is 9.22. The molecule has 1 heterocycles. The van der Waals surface area contributed by atoms with Gasteiger partial charge in [-0.3, -0.25) is 4.90 Å². The molecule has 1 aliphatic heterocycles. The number of hydrogen-bond donors (Lipinski definition) is 0.